The van der Waals surface area contributed by atoms with Gasteiger partial charge in [-0.05, 0) is 30.9 Å². The van der Waals surface area contributed by atoms with Gasteiger partial charge in [0.05, 0.1) is 5.69 Å². The predicted octanol–water partition coefficient (Wildman–Crippen LogP) is 1.64. The monoisotopic (exact) mass is 300 g/mol. The van der Waals surface area contributed by atoms with E-state index in [9.17, 15) is 13.2 Å². The van der Waals surface area contributed by atoms with Crippen LogP contribution in [0.2, 0.25) is 0 Å². The summed E-state index contributed by atoms with van der Waals surface area (Å²) in [6, 6.07) is 6.44. The van der Waals surface area contributed by atoms with Crippen LogP contribution in [0.4, 0.5) is 5.69 Å². The van der Waals surface area contributed by atoms with E-state index in [1.54, 1.807) is 18.2 Å². The zero-order chi connectivity index (χ0) is 15.2. The first-order valence-corrected chi connectivity index (χ1v) is 7.93. The second-order valence-corrected chi connectivity index (χ2v) is 6.32. The third-order valence-corrected chi connectivity index (χ3v) is 3.97. The molecule has 0 aliphatic rings. The maximum atomic E-state index is 11.4. The van der Waals surface area contributed by atoms with Crippen LogP contribution in [0.5, 0.6) is 0 Å². The predicted molar refractivity (Wildman–Crippen MR) is 77.0 cm³/mol. The van der Waals surface area contributed by atoms with Crippen molar-refractivity contribution in [1.29, 1.82) is 0 Å². The van der Waals surface area contributed by atoms with Crippen LogP contribution in [0.1, 0.15) is 26.2 Å². The number of nitrogens with one attached hydrogen (secondary N) is 1. The van der Waals surface area contributed by atoms with E-state index in [2.05, 4.69) is 5.32 Å². The molecule has 1 aromatic rings. The summed E-state index contributed by atoms with van der Waals surface area (Å²) in [6.45, 7) is 2.53. The lowest BCUT2D eigenvalue weighted by molar-refractivity contribution is -0.137. The number of carboxylic acid groups (broad SMARTS) is 1. The zero-order valence-corrected chi connectivity index (χ0v) is 12.2. The Labute approximate surface area is 119 Å². The number of carbonyl (C=O) groups is 1. The van der Waals surface area contributed by atoms with Crippen LogP contribution in [-0.4, -0.2) is 26.0 Å². The topological polar surface area (TPSA) is 109 Å². The number of hydrogen-bond acceptors (Lipinski definition) is 4. The number of hydrogen-bond donors (Lipinski definition) is 3. The van der Waals surface area contributed by atoms with Gasteiger partial charge < -0.3 is 10.4 Å². The lowest BCUT2D eigenvalue weighted by Crippen LogP contribution is -2.16. The van der Waals surface area contributed by atoms with Crippen molar-refractivity contribution < 1.29 is 18.3 Å². The maximum absolute atomic E-state index is 11.4. The Morgan fingerprint density at radius 3 is 2.60 bits per heavy atom. The van der Waals surface area contributed by atoms with Crippen molar-refractivity contribution in [2.24, 2.45) is 11.1 Å². The normalized spacial score (nSPS) is 12.9. The lowest BCUT2D eigenvalue weighted by Gasteiger charge is -2.13. The van der Waals surface area contributed by atoms with Crippen LogP contribution in [0, 0.1) is 5.92 Å². The fourth-order valence-electron chi connectivity index (χ4n) is 1.83. The molecule has 0 bridgehead atoms. The molecule has 0 aromatic heterocycles. The van der Waals surface area contributed by atoms with Crippen molar-refractivity contribution in [2.45, 2.75) is 31.1 Å². The number of rotatable bonds is 8. The summed E-state index contributed by atoms with van der Waals surface area (Å²) < 4.78 is 22.8. The minimum absolute atomic E-state index is 0.0678. The average molecular weight is 300 g/mol. The van der Waals surface area contributed by atoms with E-state index in [1.165, 1.54) is 6.07 Å². The fraction of sp³-hybridized carbons (Fsp3) is 0.462. The number of primary sulfonamides is 1. The van der Waals surface area contributed by atoms with Gasteiger partial charge in [-0.3, -0.25) is 4.79 Å². The fourth-order valence-corrected chi connectivity index (χ4v) is 2.54. The number of benzene rings is 1. The number of carboxylic acids is 1. The van der Waals surface area contributed by atoms with Gasteiger partial charge in [-0.1, -0.05) is 19.1 Å². The van der Waals surface area contributed by atoms with Gasteiger partial charge in [0.15, 0.2) is 0 Å². The largest absolute Gasteiger partial charge is 0.481 e. The van der Waals surface area contributed by atoms with E-state index in [1.807, 2.05) is 6.92 Å². The van der Waals surface area contributed by atoms with Gasteiger partial charge in [0.2, 0.25) is 10.0 Å². The van der Waals surface area contributed by atoms with Gasteiger partial charge in [0.1, 0.15) is 4.90 Å². The first kappa shape index (κ1) is 16.5. The number of nitrogens with two attached hydrogens (primary N) is 1. The molecule has 112 valence electrons. The average Bonchev–Trinajstić information content (AvgIpc) is 2.36. The molecule has 0 amide bonds. The summed E-state index contributed by atoms with van der Waals surface area (Å²) in [6.07, 6.45) is 1.51. The number of anilines is 1. The van der Waals surface area contributed by atoms with Crippen LogP contribution in [0.25, 0.3) is 0 Å². The molecule has 0 saturated heterocycles. The summed E-state index contributed by atoms with van der Waals surface area (Å²) in [4.78, 5) is 10.5. The summed E-state index contributed by atoms with van der Waals surface area (Å²) in [5.41, 5.74) is 0.473. The van der Waals surface area contributed by atoms with Crippen LogP contribution < -0.4 is 10.5 Å². The zero-order valence-electron chi connectivity index (χ0n) is 11.4. The summed E-state index contributed by atoms with van der Waals surface area (Å²) >= 11 is 0. The molecule has 0 heterocycles. The number of sulfonamides is 1. The van der Waals surface area contributed by atoms with Crippen molar-refractivity contribution in [1.82, 2.24) is 0 Å². The number of aliphatic carboxylic acids is 1. The van der Waals surface area contributed by atoms with Crippen LogP contribution in [0.3, 0.4) is 0 Å². The highest BCUT2D eigenvalue weighted by atomic mass is 32.2. The standard InChI is InChI=1S/C13H20N2O4S/c1-10(6-7-13(16)17)8-9-15-11-4-2-3-5-12(11)20(14,18)19/h2-5,10,15H,6-9H2,1H3,(H,16,17)(H2,14,18,19). The minimum Gasteiger partial charge on any atom is -0.481 e. The van der Waals surface area contributed by atoms with Gasteiger partial charge in [-0.15, -0.1) is 0 Å². The maximum Gasteiger partial charge on any atom is 0.303 e. The third-order valence-electron chi connectivity index (χ3n) is 3.00. The molecule has 1 unspecified atom stereocenters. The first-order valence-electron chi connectivity index (χ1n) is 6.38. The first-order chi connectivity index (χ1) is 9.30. The SMILES string of the molecule is CC(CCNc1ccccc1S(N)(=O)=O)CCC(=O)O. The van der Waals surface area contributed by atoms with Crippen molar-refractivity contribution in [2.75, 3.05) is 11.9 Å². The molecule has 0 saturated carbocycles. The molecule has 6 nitrogen and oxygen atoms in total. The molecule has 20 heavy (non-hydrogen) atoms. The van der Waals surface area contributed by atoms with E-state index >= 15 is 0 Å². The van der Waals surface area contributed by atoms with E-state index in [0.29, 0.717) is 18.7 Å². The Bertz CT molecular complexity index is 557. The molecule has 0 fully saturated rings. The minimum atomic E-state index is -3.75. The van der Waals surface area contributed by atoms with E-state index < -0.39 is 16.0 Å². The molecular weight excluding hydrogens is 280 g/mol. The third kappa shape index (κ3) is 5.58. The summed E-state index contributed by atoms with van der Waals surface area (Å²) in [5, 5.41) is 16.8. The molecule has 1 rings (SSSR count). The van der Waals surface area contributed by atoms with Gasteiger partial charge in [-0.25, -0.2) is 13.6 Å². The van der Waals surface area contributed by atoms with Crippen molar-refractivity contribution in [3.63, 3.8) is 0 Å². The van der Waals surface area contributed by atoms with Gasteiger partial charge in [0, 0.05) is 13.0 Å². The second kappa shape index (κ2) is 7.25. The number of para-hydroxylation sites is 1. The van der Waals surface area contributed by atoms with Crippen molar-refractivity contribution in [3.05, 3.63) is 24.3 Å². The van der Waals surface area contributed by atoms with E-state index in [-0.39, 0.29) is 17.2 Å². The molecule has 0 aliphatic carbocycles. The Kier molecular flexibility index (Phi) is 5.97. The van der Waals surface area contributed by atoms with Crippen LogP contribution in [-0.2, 0) is 14.8 Å². The van der Waals surface area contributed by atoms with Crippen molar-refractivity contribution in [3.8, 4) is 0 Å². The van der Waals surface area contributed by atoms with Crippen molar-refractivity contribution >= 4 is 21.7 Å². The molecule has 0 radical (unpaired) electrons. The highest BCUT2D eigenvalue weighted by Crippen LogP contribution is 2.20. The second-order valence-electron chi connectivity index (χ2n) is 4.79. The molecule has 1 aromatic carbocycles. The van der Waals surface area contributed by atoms with Crippen LogP contribution in [0.15, 0.2) is 29.2 Å². The summed E-state index contributed by atoms with van der Waals surface area (Å²) in [7, 11) is -3.75. The Morgan fingerprint density at radius 2 is 2.00 bits per heavy atom. The van der Waals surface area contributed by atoms with Gasteiger partial charge >= 0.3 is 5.97 Å². The highest BCUT2D eigenvalue weighted by molar-refractivity contribution is 7.89. The molecule has 1 atom stereocenters. The quantitative estimate of drug-likeness (QED) is 0.676. The molecule has 0 aliphatic heterocycles. The van der Waals surface area contributed by atoms with E-state index in [4.69, 9.17) is 10.2 Å². The van der Waals surface area contributed by atoms with Gasteiger partial charge in [-0.2, -0.15) is 0 Å². The Morgan fingerprint density at radius 1 is 1.35 bits per heavy atom. The Hall–Kier alpha value is -1.60. The molecule has 4 N–H and O–H groups in total. The lowest BCUT2D eigenvalue weighted by atomic mass is 10.0. The Balaban J connectivity index is 2.53. The smallest absolute Gasteiger partial charge is 0.303 e. The molecule has 0 spiro atoms. The van der Waals surface area contributed by atoms with Crippen LogP contribution >= 0.6 is 0 Å². The van der Waals surface area contributed by atoms with Gasteiger partial charge in [0.25, 0.3) is 0 Å². The van der Waals surface area contributed by atoms with E-state index in [0.717, 1.165) is 6.42 Å². The molecule has 7 heteroatoms. The highest BCUT2D eigenvalue weighted by Gasteiger charge is 2.13. The summed E-state index contributed by atoms with van der Waals surface area (Å²) in [5.74, 6) is -0.551. The molecular formula is C13H20N2O4S.